The first-order valence-electron chi connectivity index (χ1n) is 9.42. The van der Waals surface area contributed by atoms with E-state index >= 15 is 0 Å². The number of halogens is 1. The van der Waals surface area contributed by atoms with E-state index in [0.29, 0.717) is 37.9 Å². The van der Waals surface area contributed by atoms with Crippen LogP contribution in [-0.4, -0.2) is 73.0 Å². The SMILES string of the molecule is O=C(O)CC[C@H](NC(=O)N[C@@H](CCCCn1cc(CCCF)nn1)C(=O)O)C(=O)O. The van der Waals surface area contributed by atoms with Gasteiger partial charge < -0.3 is 26.0 Å². The number of nitrogens with one attached hydrogen (secondary N) is 2. The summed E-state index contributed by atoms with van der Waals surface area (Å²) in [5.74, 6) is -3.91. The number of aromatic nitrogens is 3. The number of unbranched alkanes of at least 4 members (excludes halogenated alkanes) is 1. The summed E-state index contributed by atoms with van der Waals surface area (Å²) in [6.45, 7) is 0.0359. The number of nitrogens with zero attached hydrogens (tertiary/aromatic N) is 3. The minimum absolute atomic E-state index is 0.0963. The summed E-state index contributed by atoms with van der Waals surface area (Å²) in [6, 6.07) is -3.70. The van der Waals surface area contributed by atoms with Crippen molar-refractivity contribution in [2.45, 2.75) is 63.6 Å². The smallest absolute Gasteiger partial charge is 0.326 e. The van der Waals surface area contributed by atoms with E-state index in [9.17, 15) is 28.7 Å². The predicted octanol–water partition coefficient (Wildman–Crippen LogP) is 0.421. The van der Waals surface area contributed by atoms with Gasteiger partial charge in [0.1, 0.15) is 12.1 Å². The van der Waals surface area contributed by atoms with Crippen molar-refractivity contribution in [3.63, 3.8) is 0 Å². The number of carboxylic acids is 3. The van der Waals surface area contributed by atoms with Gasteiger partial charge >= 0.3 is 23.9 Å². The maximum atomic E-state index is 12.2. The Hall–Kier alpha value is -3.25. The van der Waals surface area contributed by atoms with Crippen LogP contribution >= 0.6 is 0 Å². The van der Waals surface area contributed by atoms with Gasteiger partial charge in [0.25, 0.3) is 0 Å². The number of amides is 2. The molecule has 0 unspecified atom stereocenters. The summed E-state index contributed by atoms with van der Waals surface area (Å²) in [7, 11) is 0. The van der Waals surface area contributed by atoms with E-state index in [-0.39, 0.29) is 12.8 Å². The second kappa shape index (κ2) is 13.1. The molecule has 0 bridgehead atoms. The Morgan fingerprint density at radius 2 is 1.63 bits per heavy atom. The minimum Gasteiger partial charge on any atom is -0.481 e. The topological polar surface area (TPSA) is 184 Å². The lowest BCUT2D eigenvalue weighted by molar-refractivity contribution is -0.140. The molecule has 0 radical (unpaired) electrons. The molecule has 0 fully saturated rings. The highest BCUT2D eigenvalue weighted by molar-refractivity contribution is 5.86. The summed E-state index contributed by atoms with van der Waals surface area (Å²) in [5.41, 5.74) is 0.672. The highest BCUT2D eigenvalue weighted by Crippen LogP contribution is 2.06. The maximum absolute atomic E-state index is 12.2. The van der Waals surface area contributed by atoms with Crippen LogP contribution in [-0.2, 0) is 27.3 Å². The predicted molar refractivity (Wildman–Crippen MR) is 99.6 cm³/mol. The average Bonchev–Trinajstić information content (AvgIpc) is 3.12. The molecule has 2 atom stereocenters. The van der Waals surface area contributed by atoms with Crippen LogP contribution in [0.4, 0.5) is 9.18 Å². The third-order valence-electron chi connectivity index (χ3n) is 4.14. The van der Waals surface area contributed by atoms with Gasteiger partial charge in [-0.05, 0) is 38.5 Å². The molecule has 0 aliphatic heterocycles. The first kappa shape index (κ1) is 24.8. The summed E-state index contributed by atoms with van der Waals surface area (Å²) in [5, 5.41) is 38.9. The highest BCUT2D eigenvalue weighted by Gasteiger charge is 2.24. The van der Waals surface area contributed by atoms with Gasteiger partial charge in [-0.2, -0.15) is 0 Å². The van der Waals surface area contributed by atoms with Crippen LogP contribution in [0.15, 0.2) is 6.20 Å². The average molecular weight is 431 g/mol. The molecule has 0 aliphatic rings. The molecule has 12 nitrogen and oxygen atoms in total. The zero-order valence-electron chi connectivity index (χ0n) is 16.3. The van der Waals surface area contributed by atoms with Gasteiger partial charge in [0.15, 0.2) is 0 Å². The molecule has 5 N–H and O–H groups in total. The second-order valence-corrected chi connectivity index (χ2v) is 6.59. The van der Waals surface area contributed by atoms with Gasteiger partial charge in [-0.25, -0.2) is 14.4 Å². The first-order valence-corrected chi connectivity index (χ1v) is 9.42. The van der Waals surface area contributed by atoms with Gasteiger partial charge in [0.05, 0.1) is 12.4 Å². The number of aliphatic carboxylic acids is 3. The molecule has 13 heteroatoms. The number of carbonyl (C=O) groups is 4. The van der Waals surface area contributed by atoms with Crippen LogP contribution in [0.1, 0.15) is 44.2 Å². The fourth-order valence-electron chi connectivity index (χ4n) is 2.57. The van der Waals surface area contributed by atoms with Gasteiger partial charge in [0, 0.05) is 19.2 Å². The van der Waals surface area contributed by atoms with Crippen molar-refractivity contribution in [1.29, 1.82) is 0 Å². The van der Waals surface area contributed by atoms with Gasteiger partial charge in [-0.1, -0.05) is 5.21 Å². The summed E-state index contributed by atoms with van der Waals surface area (Å²) >= 11 is 0. The van der Waals surface area contributed by atoms with Crippen LogP contribution in [0.3, 0.4) is 0 Å². The van der Waals surface area contributed by atoms with Crippen molar-refractivity contribution >= 4 is 23.9 Å². The third kappa shape index (κ3) is 9.80. The number of carbonyl (C=O) groups excluding carboxylic acids is 1. The molecule has 0 spiro atoms. The molecular weight excluding hydrogens is 405 g/mol. The molecule has 0 aromatic carbocycles. The van der Waals surface area contributed by atoms with Crippen LogP contribution in [0.2, 0.25) is 0 Å². The Bertz CT molecular complexity index is 727. The normalized spacial score (nSPS) is 12.7. The van der Waals surface area contributed by atoms with Crippen LogP contribution < -0.4 is 10.6 Å². The molecule has 1 rings (SSSR count). The summed E-state index contributed by atoms with van der Waals surface area (Å²) in [6.07, 6.45) is 2.83. The van der Waals surface area contributed by atoms with E-state index < -0.39 is 49.1 Å². The number of urea groups is 1. The quantitative estimate of drug-likeness (QED) is 0.246. The number of carboxylic acid groups (broad SMARTS) is 3. The van der Waals surface area contributed by atoms with E-state index in [1.165, 1.54) is 0 Å². The zero-order valence-corrected chi connectivity index (χ0v) is 16.3. The van der Waals surface area contributed by atoms with E-state index in [1.54, 1.807) is 10.9 Å². The standard InChI is InChI=1S/C17H26FN5O7/c18-8-3-4-11-10-23(22-21-11)9-2-1-5-12(15(26)27)19-17(30)20-13(16(28)29)6-7-14(24)25/h10,12-13H,1-9H2,(H,24,25)(H,26,27)(H,28,29)(H2,19,20,30)/t12-,13-/m0/s1. The number of aryl methyl sites for hydroxylation is 2. The van der Waals surface area contributed by atoms with Crippen molar-refractivity contribution in [2.75, 3.05) is 6.67 Å². The van der Waals surface area contributed by atoms with Gasteiger partial charge in [0.2, 0.25) is 0 Å². The molecule has 1 heterocycles. The Morgan fingerprint density at radius 1 is 1.00 bits per heavy atom. The molecule has 168 valence electrons. The van der Waals surface area contributed by atoms with E-state index in [1.807, 2.05) is 0 Å². The second-order valence-electron chi connectivity index (χ2n) is 6.59. The van der Waals surface area contributed by atoms with Crippen molar-refractivity contribution in [2.24, 2.45) is 0 Å². The molecule has 1 aromatic rings. The molecule has 0 saturated heterocycles. The van der Waals surface area contributed by atoms with E-state index in [2.05, 4.69) is 20.9 Å². The molecule has 0 aliphatic carbocycles. The van der Waals surface area contributed by atoms with E-state index in [0.717, 1.165) is 0 Å². The van der Waals surface area contributed by atoms with Crippen LogP contribution in [0.5, 0.6) is 0 Å². The lowest BCUT2D eigenvalue weighted by Gasteiger charge is -2.18. The monoisotopic (exact) mass is 431 g/mol. The number of alkyl halides is 1. The molecule has 1 aromatic heterocycles. The molecule has 0 saturated carbocycles. The Kier molecular flexibility index (Phi) is 10.8. The zero-order chi connectivity index (χ0) is 22.5. The third-order valence-corrected chi connectivity index (χ3v) is 4.14. The molecule has 2 amide bonds. The van der Waals surface area contributed by atoms with Crippen molar-refractivity contribution in [3.8, 4) is 0 Å². The fraction of sp³-hybridized carbons (Fsp3) is 0.647. The summed E-state index contributed by atoms with van der Waals surface area (Å²) < 4.78 is 13.7. The lowest BCUT2D eigenvalue weighted by atomic mass is 10.1. The maximum Gasteiger partial charge on any atom is 0.326 e. The van der Waals surface area contributed by atoms with Gasteiger partial charge in [-0.3, -0.25) is 13.9 Å². The van der Waals surface area contributed by atoms with Gasteiger partial charge in [-0.15, -0.1) is 5.10 Å². The fourth-order valence-corrected chi connectivity index (χ4v) is 2.57. The molecular formula is C17H26FN5O7. The van der Waals surface area contributed by atoms with E-state index in [4.69, 9.17) is 10.2 Å². The Labute approximate surface area is 171 Å². The first-order chi connectivity index (χ1) is 14.2. The number of hydrogen-bond acceptors (Lipinski definition) is 6. The largest absolute Gasteiger partial charge is 0.481 e. The number of hydrogen-bond donors (Lipinski definition) is 5. The van der Waals surface area contributed by atoms with Crippen LogP contribution in [0.25, 0.3) is 0 Å². The lowest BCUT2D eigenvalue weighted by Crippen LogP contribution is -2.51. The summed E-state index contributed by atoms with van der Waals surface area (Å²) in [4.78, 5) is 44.9. The van der Waals surface area contributed by atoms with Crippen LogP contribution in [0, 0.1) is 0 Å². The Balaban J connectivity index is 2.43. The number of rotatable bonds is 15. The molecule has 30 heavy (non-hydrogen) atoms. The highest BCUT2D eigenvalue weighted by atomic mass is 19.1. The Morgan fingerprint density at radius 3 is 2.20 bits per heavy atom. The van der Waals surface area contributed by atoms with Crippen molar-refractivity contribution in [1.82, 2.24) is 25.6 Å². The minimum atomic E-state index is -1.45. The van der Waals surface area contributed by atoms with Crippen molar-refractivity contribution in [3.05, 3.63) is 11.9 Å². The van der Waals surface area contributed by atoms with Crippen molar-refractivity contribution < 1.29 is 38.9 Å².